The molecule has 0 saturated carbocycles. The molecular weight excluding hydrogens is 391 g/mol. The number of aryl methyl sites for hydroxylation is 2. The Balaban J connectivity index is 1.60. The number of nitrogens with one attached hydrogen (secondary N) is 1. The number of hydrogen-bond donors (Lipinski definition) is 1. The Morgan fingerprint density at radius 3 is 2.48 bits per heavy atom. The molecule has 3 aromatic rings. The van der Waals surface area contributed by atoms with E-state index in [4.69, 9.17) is 4.74 Å². The van der Waals surface area contributed by atoms with Gasteiger partial charge in [0.05, 0.1) is 5.75 Å². The first-order chi connectivity index (χ1) is 13.8. The van der Waals surface area contributed by atoms with E-state index in [9.17, 15) is 9.18 Å². The van der Waals surface area contributed by atoms with Crippen molar-refractivity contribution in [2.24, 2.45) is 7.05 Å². The molecule has 29 heavy (non-hydrogen) atoms. The molecule has 0 aliphatic rings. The number of carbonyl (C=O) groups excluding carboxylic acids is 1. The molecule has 0 spiro atoms. The average Bonchev–Trinajstić information content (AvgIpc) is 3.05. The number of nitrogens with zero attached hydrogens (tertiary/aromatic N) is 3. The van der Waals surface area contributed by atoms with Crippen molar-refractivity contribution in [1.29, 1.82) is 0 Å². The van der Waals surface area contributed by atoms with Gasteiger partial charge in [-0.25, -0.2) is 4.39 Å². The maximum atomic E-state index is 13.0. The van der Waals surface area contributed by atoms with Gasteiger partial charge in [0.2, 0.25) is 5.91 Å². The Morgan fingerprint density at radius 1 is 1.17 bits per heavy atom. The van der Waals surface area contributed by atoms with E-state index in [2.05, 4.69) is 15.5 Å². The van der Waals surface area contributed by atoms with Gasteiger partial charge in [-0.15, -0.1) is 10.2 Å². The summed E-state index contributed by atoms with van der Waals surface area (Å²) in [4.78, 5) is 12.4. The van der Waals surface area contributed by atoms with Gasteiger partial charge in [0, 0.05) is 12.7 Å². The van der Waals surface area contributed by atoms with Gasteiger partial charge in [-0.3, -0.25) is 4.79 Å². The number of carbonyl (C=O) groups is 1. The van der Waals surface area contributed by atoms with Gasteiger partial charge in [0.1, 0.15) is 11.6 Å². The van der Waals surface area contributed by atoms with E-state index in [1.807, 2.05) is 46.0 Å². The minimum absolute atomic E-state index is 0.104. The first-order valence-corrected chi connectivity index (χ1v) is 10.1. The van der Waals surface area contributed by atoms with E-state index in [0.717, 1.165) is 16.8 Å². The first kappa shape index (κ1) is 20.9. The van der Waals surface area contributed by atoms with Gasteiger partial charge < -0.3 is 14.6 Å². The predicted octanol–water partition coefficient (Wildman–Crippen LogP) is 4.44. The van der Waals surface area contributed by atoms with Crippen LogP contribution in [0.25, 0.3) is 0 Å². The molecule has 1 amide bonds. The highest BCUT2D eigenvalue weighted by atomic mass is 32.2. The smallest absolute Gasteiger partial charge is 0.234 e. The van der Waals surface area contributed by atoms with E-state index in [1.165, 1.54) is 23.9 Å². The second kappa shape index (κ2) is 9.09. The zero-order valence-electron chi connectivity index (χ0n) is 16.8. The largest absolute Gasteiger partial charge is 0.483 e. The molecular formula is C21H23FN4O2S. The molecule has 1 atom stereocenters. The molecule has 6 nitrogen and oxygen atoms in total. The van der Waals surface area contributed by atoms with E-state index in [-0.39, 0.29) is 23.6 Å². The first-order valence-electron chi connectivity index (χ1n) is 9.15. The Morgan fingerprint density at radius 2 is 1.83 bits per heavy atom. The van der Waals surface area contributed by atoms with Gasteiger partial charge in [-0.2, -0.15) is 0 Å². The highest BCUT2D eigenvalue weighted by molar-refractivity contribution is 7.99. The van der Waals surface area contributed by atoms with Gasteiger partial charge in [-0.05, 0) is 56.2 Å². The van der Waals surface area contributed by atoms with Crippen LogP contribution in [0.15, 0.2) is 47.6 Å². The minimum Gasteiger partial charge on any atom is -0.483 e. The molecule has 1 aromatic heterocycles. The van der Waals surface area contributed by atoms with Crippen molar-refractivity contribution >= 4 is 23.4 Å². The summed E-state index contributed by atoms with van der Waals surface area (Å²) < 4.78 is 20.6. The zero-order valence-corrected chi connectivity index (χ0v) is 17.6. The zero-order chi connectivity index (χ0) is 21.0. The molecule has 152 valence electrons. The lowest BCUT2D eigenvalue weighted by Crippen LogP contribution is -2.16. The van der Waals surface area contributed by atoms with Crippen molar-refractivity contribution in [3.8, 4) is 5.75 Å². The van der Waals surface area contributed by atoms with Gasteiger partial charge in [-0.1, -0.05) is 30.0 Å². The third-order valence-corrected chi connectivity index (χ3v) is 5.46. The SMILES string of the molecule is Cc1cccc(C)c1NC(=O)CSc1nnc(C(C)Oc2ccc(F)cc2)n1C. The Hall–Kier alpha value is -2.87. The van der Waals surface area contributed by atoms with Crippen molar-refractivity contribution in [3.63, 3.8) is 0 Å². The quantitative estimate of drug-likeness (QED) is 0.579. The van der Waals surface area contributed by atoms with Crippen LogP contribution in [0.3, 0.4) is 0 Å². The summed E-state index contributed by atoms with van der Waals surface area (Å²) >= 11 is 1.30. The maximum absolute atomic E-state index is 13.0. The molecule has 0 fully saturated rings. The van der Waals surface area contributed by atoms with Crippen molar-refractivity contribution in [2.75, 3.05) is 11.1 Å². The van der Waals surface area contributed by atoms with Crippen molar-refractivity contribution in [2.45, 2.75) is 32.0 Å². The molecule has 1 heterocycles. The number of aromatic nitrogens is 3. The number of rotatable bonds is 7. The van der Waals surface area contributed by atoms with Gasteiger partial charge in [0.15, 0.2) is 17.1 Å². The third kappa shape index (κ3) is 5.14. The number of anilines is 1. The van der Waals surface area contributed by atoms with E-state index >= 15 is 0 Å². The lowest BCUT2D eigenvalue weighted by molar-refractivity contribution is -0.113. The van der Waals surface area contributed by atoms with E-state index in [0.29, 0.717) is 16.7 Å². The molecule has 8 heteroatoms. The molecule has 2 aromatic carbocycles. The van der Waals surface area contributed by atoms with Crippen LogP contribution in [-0.2, 0) is 11.8 Å². The fourth-order valence-corrected chi connectivity index (χ4v) is 3.61. The number of amides is 1. The molecule has 0 bridgehead atoms. The van der Waals surface area contributed by atoms with E-state index < -0.39 is 0 Å². The summed E-state index contributed by atoms with van der Waals surface area (Å²) in [6, 6.07) is 11.7. The highest BCUT2D eigenvalue weighted by Crippen LogP contribution is 2.24. The fourth-order valence-electron chi connectivity index (χ4n) is 2.89. The minimum atomic E-state index is -0.379. The summed E-state index contributed by atoms with van der Waals surface area (Å²) in [5.41, 5.74) is 2.89. The van der Waals surface area contributed by atoms with Crippen molar-refractivity contribution < 1.29 is 13.9 Å². The Labute approximate surface area is 173 Å². The van der Waals surface area contributed by atoms with Crippen molar-refractivity contribution in [3.05, 3.63) is 65.2 Å². The van der Waals surface area contributed by atoms with Crippen LogP contribution in [0.2, 0.25) is 0 Å². The lowest BCUT2D eigenvalue weighted by atomic mass is 10.1. The van der Waals surface area contributed by atoms with Crippen molar-refractivity contribution in [1.82, 2.24) is 14.8 Å². The molecule has 3 rings (SSSR count). The Kier molecular flexibility index (Phi) is 6.53. The molecule has 1 N–H and O–H groups in total. The second-order valence-corrected chi connectivity index (χ2v) is 7.66. The monoisotopic (exact) mass is 414 g/mol. The number of thioether (sulfide) groups is 1. The molecule has 0 saturated heterocycles. The predicted molar refractivity (Wildman–Crippen MR) is 112 cm³/mol. The Bertz CT molecular complexity index is 984. The topological polar surface area (TPSA) is 69.0 Å². The number of ether oxygens (including phenoxy) is 1. The standard InChI is InChI=1S/C21H23FN4O2S/c1-13-6-5-7-14(2)19(13)23-18(27)12-29-21-25-24-20(26(21)4)15(3)28-17-10-8-16(22)9-11-17/h5-11,15H,12H2,1-4H3,(H,23,27). The summed E-state index contributed by atoms with van der Waals surface area (Å²) in [6.07, 6.45) is -0.379. The van der Waals surface area contributed by atoms with Crippen LogP contribution in [0.4, 0.5) is 10.1 Å². The molecule has 0 radical (unpaired) electrons. The summed E-state index contributed by atoms with van der Waals surface area (Å²) in [6.45, 7) is 5.77. The van der Waals surface area contributed by atoms with Gasteiger partial charge >= 0.3 is 0 Å². The number of halogens is 1. The van der Waals surface area contributed by atoms with Crippen LogP contribution < -0.4 is 10.1 Å². The fraction of sp³-hybridized carbons (Fsp3) is 0.286. The van der Waals surface area contributed by atoms with Crippen LogP contribution in [-0.4, -0.2) is 26.4 Å². The molecule has 0 aliphatic carbocycles. The average molecular weight is 415 g/mol. The number of hydrogen-bond acceptors (Lipinski definition) is 5. The summed E-state index contributed by atoms with van der Waals surface area (Å²) in [7, 11) is 1.82. The maximum Gasteiger partial charge on any atom is 0.234 e. The number of benzene rings is 2. The second-order valence-electron chi connectivity index (χ2n) is 6.72. The summed E-state index contributed by atoms with van der Waals surface area (Å²) in [5.74, 6) is 0.956. The molecule has 0 aliphatic heterocycles. The van der Waals surface area contributed by atoms with E-state index in [1.54, 1.807) is 16.7 Å². The summed E-state index contributed by atoms with van der Waals surface area (Å²) in [5, 5.41) is 11.9. The van der Waals surface area contributed by atoms with Crippen LogP contribution in [0.5, 0.6) is 5.75 Å². The van der Waals surface area contributed by atoms with Crippen LogP contribution >= 0.6 is 11.8 Å². The number of para-hydroxylation sites is 1. The van der Waals surface area contributed by atoms with Crippen LogP contribution in [0, 0.1) is 19.7 Å². The third-order valence-electron chi connectivity index (χ3n) is 4.44. The molecule has 1 unspecified atom stereocenters. The van der Waals surface area contributed by atoms with Crippen LogP contribution in [0.1, 0.15) is 30.0 Å². The lowest BCUT2D eigenvalue weighted by Gasteiger charge is -2.14. The normalized spacial score (nSPS) is 11.9. The van der Waals surface area contributed by atoms with Gasteiger partial charge in [0.25, 0.3) is 0 Å². The highest BCUT2D eigenvalue weighted by Gasteiger charge is 2.18.